The van der Waals surface area contributed by atoms with Gasteiger partial charge < -0.3 is 0 Å². The molecule has 0 N–H and O–H groups in total. The topological polar surface area (TPSA) is 29.0 Å². The van der Waals surface area contributed by atoms with Gasteiger partial charge in [-0.2, -0.15) is 0 Å². The van der Waals surface area contributed by atoms with Gasteiger partial charge in [0.15, 0.2) is 5.82 Å². The summed E-state index contributed by atoms with van der Waals surface area (Å²) >= 11 is 0. The second-order valence-corrected chi connectivity index (χ2v) is 14.3. The van der Waals surface area contributed by atoms with Gasteiger partial charge in [-0.05, 0) is 81.5 Å². The molecule has 0 bridgehead atoms. The van der Waals surface area contributed by atoms with Crippen molar-refractivity contribution in [2.24, 2.45) is 0 Å². The van der Waals surface area contributed by atoms with Gasteiger partial charge in [0, 0.05) is 23.3 Å². The Labute approximate surface area is 307 Å². The Morgan fingerprint density at radius 3 is 1.65 bits per heavy atom. The molecule has 0 atom stereocenters. The van der Waals surface area contributed by atoms with Crippen LogP contribution in [0.1, 0.15) is 33.4 Å². The van der Waals surface area contributed by atoms with Crippen molar-refractivity contribution in [3.05, 3.63) is 179 Å². The summed E-state index contributed by atoms with van der Waals surface area (Å²) in [6, 6.07) is 46.8. The number of fused-ring (bicyclic) bond motifs is 2. The van der Waals surface area contributed by atoms with Crippen molar-refractivity contribution in [2.75, 3.05) is 4.90 Å². The van der Waals surface area contributed by atoms with E-state index in [1.807, 2.05) is 6.20 Å². The van der Waals surface area contributed by atoms with E-state index in [2.05, 4.69) is 179 Å². The second kappa shape index (κ2) is 13.6. The molecule has 0 aliphatic carbocycles. The zero-order valence-corrected chi connectivity index (χ0v) is 30.8. The van der Waals surface area contributed by atoms with Crippen molar-refractivity contribution in [1.29, 1.82) is 0 Å². The summed E-state index contributed by atoms with van der Waals surface area (Å²) in [4.78, 5) is 11.8. The zero-order chi connectivity index (χ0) is 35.9. The lowest BCUT2D eigenvalue weighted by molar-refractivity contribution is 1.13. The quantitative estimate of drug-likeness (QED) is 0.158. The molecule has 0 fully saturated rings. The van der Waals surface area contributed by atoms with Crippen LogP contribution in [0.5, 0.6) is 0 Å². The maximum atomic E-state index is 4.93. The van der Waals surface area contributed by atoms with Crippen LogP contribution in [-0.4, -0.2) is 16.7 Å². The van der Waals surface area contributed by atoms with E-state index in [4.69, 9.17) is 4.98 Å². The Morgan fingerprint density at radius 1 is 0.500 bits per heavy atom. The number of nitrogens with zero attached hydrogens (tertiary/aromatic N) is 3. The minimum atomic E-state index is 0.0469. The SMILES string of the molecule is Cc1cc(C)c(B(c2c(C)cc(C)cc2C)c2ccc(N(c3cnccn3)c3cc4ccccc4cc3-c3ccccc3)c3ccccc23)c(C)c1. The smallest absolute Gasteiger partial charge is 0.243 e. The number of rotatable bonds is 7. The molecule has 0 saturated heterocycles. The maximum absolute atomic E-state index is 4.93. The van der Waals surface area contributed by atoms with Crippen LogP contribution >= 0.6 is 0 Å². The van der Waals surface area contributed by atoms with Gasteiger partial charge in [0.2, 0.25) is 6.71 Å². The van der Waals surface area contributed by atoms with E-state index in [-0.39, 0.29) is 6.71 Å². The van der Waals surface area contributed by atoms with Gasteiger partial charge in [-0.3, -0.25) is 9.88 Å². The van der Waals surface area contributed by atoms with E-state index >= 15 is 0 Å². The fourth-order valence-corrected chi connectivity index (χ4v) is 8.55. The highest BCUT2D eigenvalue weighted by atomic mass is 15.2. The molecule has 52 heavy (non-hydrogen) atoms. The van der Waals surface area contributed by atoms with E-state index in [1.54, 1.807) is 12.4 Å². The highest BCUT2D eigenvalue weighted by Gasteiger charge is 2.31. The molecule has 8 aromatic rings. The third kappa shape index (κ3) is 5.94. The van der Waals surface area contributed by atoms with Crippen LogP contribution in [0.25, 0.3) is 32.7 Å². The van der Waals surface area contributed by atoms with Crippen molar-refractivity contribution >= 4 is 61.8 Å². The first-order valence-electron chi connectivity index (χ1n) is 18.1. The normalized spacial score (nSPS) is 11.3. The summed E-state index contributed by atoms with van der Waals surface area (Å²) in [5.41, 5.74) is 16.3. The monoisotopic (exact) mass is 671 g/mol. The average Bonchev–Trinajstić information content (AvgIpc) is 3.14. The molecule has 0 unspecified atom stereocenters. The van der Waals surface area contributed by atoms with Crippen LogP contribution in [0.2, 0.25) is 0 Å². The van der Waals surface area contributed by atoms with Crippen molar-refractivity contribution in [2.45, 2.75) is 41.5 Å². The van der Waals surface area contributed by atoms with E-state index < -0.39 is 0 Å². The van der Waals surface area contributed by atoms with Crippen LogP contribution in [0.15, 0.2) is 146 Å². The average molecular weight is 672 g/mol. The molecular weight excluding hydrogens is 629 g/mol. The number of anilines is 3. The summed E-state index contributed by atoms with van der Waals surface area (Å²) in [5.74, 6) is 0.764. The molecular formula is C48H42BN3. The highest BCUT2D eigenvalue weighted by Crippen LogP contribution is 2.44. The van der Waals surface area contributed by atoms with E-state index in [0.29, 0.717) is 0 Å². The molecule has 0 radical (unpaired) electrons. The van der Waals surface area contributed by atoms with Crippen LogP contribution in [0.3, 0.4) is 0 Å². The molecule has 1 heterocycles. The minimum Gasteiger partial charge on any atom is -0.292 e. The first-order valence-corrected chi connectivity index (χ1v) is 18.1. The van der Waals surface area contributed by atoms with Gasteiger partial charge in [0.25, 0.3) is 0 Å². The number of aromatic nitrogens is 2. The van der Waals surface area contributed by atoms with Crippen LogP contribution < -0.4 is 21.3 Å². The largest absolute Gasteiger partial charge is 0.292 e. The Hall–Kier alpha value is -6.00. The summed E-state index contributed by atoms with van der Waals surface area (Å²) in [6.45, 7) is 13.5. The van der Waals surface area contributed by atoms with Crippen LogP contribution in [0, 0.1) is 41.5 Å². The van der Waals surface area contributed by atoms with Crippen molar-refractivity contribution in [3.8, 4) is 11.1 Å². The molecule has 4 heteroatoms. The van der Waals surface area contributed by atoms with Gasteiger partial charge >= 0.3 is 0 Å². The molecule has 0 aliphatic rings. The van der Waals surface area contributed by atoms with Gasteiger partial charge in [-0.1, -0.05) is 159 Å². The highest BCUT2D eigenvalue weighted by molar-refractivity contribution is 6.98. The zero-order valence-electron chi connectivity index (χ0n) is 30.8. The van der Waals surface area contributed by atoms with Crippen LogP contribution in [-0.2, 0) is 0 Å². The molecule has 1 aromatic heterocycles. The van der Waals surface area contributed by atoms with Crippen molar-refractivity contribution < 1.29 is 0 Å². The minimum absolute atomic E-state index is 0.0469. The number of aryl methyl sites for hydroxylation is 6. The Kier molecular flexibility index (Phi) is 8.68. The Morgan fingerprint density at radius 2 is 1.06 bits per heavy atom. The Bertz CT molecular complexity index is 2490. The number of hydrogen-bond donors (Lipinski definition) is 0. The standard InChI is InChI=1S/C48H42BN3/c1-31-24-33(3)47(34(4)25-31)49(48-35(5)26-32(2)27-36(48)6)43-20-21-44(41-19-13-12-18-40(41)43)52(46-30-50-22-23-51-46)45-29-39-17-11-10-16-38(39)28-42(45)37-14-8-7-9-15-37/h7-30H,1-6H3. The fourth-order valence-electron chi connectivity index (χ4n) is 8.55. The molecule has 252 valence electrons. The van der Waals surface area contributed by atoms with Gasteiger partial charge in [0.05, 0.1) is 17.6 Å². The summed E-state index contributed by atoms with van der Waals surface area (Å²) < 4.78 is 0. The number of hydrogen-bond acceptors (Lipinski definition) is 3. The molecule has 0 aliphatic heterocycles. The predicted octanol–water partition coefficient (Wildman–Crippen LogP) is 10.3. The van der Waals surface area contributed by atoms with Crippen molar-refractivity contribution in [3.63, 3.8) is 0 Å². The molecule has 0 spiro atoms. The van der Waals surface area contributed by atoms with E-state index in [9.17, 15) is 0 Å². The number of benzene rings is 7. The lowest BCUT2D eigenvalue weighted by Crippen LogP contribution is -2.56. The lowest BCUT2D eigenvalue weighted by atomic mass is 9.33. The van der Waals surface area contributed by atoms with Gasteiger partial charge in [-0.25, -0.2) is 4.98 Å². The molecule has 7 aromatic carbocycles. The third-order valence-corrected chi connectivity index (χ3v) is 10.5. The first-order chi connectivity index (χ1) is 25.3. The first kappa shape index (κ1) is 33.2. The lowest BCUT2D eigenvalue weighted by Gasteiger charge is -2.30. The fraction of sp³-hybridized carbons (Fsp3) is 0.125. The summed E-state index contributed by atoms with van der Waals surface area (Å²) in [5, 5.41) is 4.75. The Balaban J connectivity index is 1.44. The maximum Gasteiger partial charge on any atom is 0.243 e. The summed E-state index contributed by atoms with van der Waals surface area (Å²) in [7, 11) is 0. The second-order valence-electron chi connectivity index (χ2n) is 14.3. The molecule has 3 nitrogen and oxygen atoms in total. The summed E-state index contributed by atoms with van der Waals surface area (Å²) in [6.07, 6.45) is 5.39. The van der Waals surface area contributed by atoms with Crippen LogP contribution in [0.4, 0.5) is 17.2 Å². The predicted molar refractivity (Wildman–Crippen MR) is 223 cm³/mol. The van der Waals surface area contributed by atoms with E-state index in [0.717, 1.165) is 33.7 Å². The molecule has 0 saturated carbocycles. The van der Waals surface area contributed by atoms with E-state index in [1.165, 1.54) is 65.9 Å². The van der Waals surface area contributed by atoms with Crippen molar-refractivity contribution in [1.82, 2.24) is 9.97 Å². The molecule has 0 amide bonds. The van der Waals surface area contributed by atoms with Gasteiger partial charge in [-0.15, -0.1) is 0 Å². The molecule has 8 rings (SSSR count). The third-order valence-electron chi connectivity index (χ3n) is 10.5. The van der Waals surface area contributed by atoms with Gasteiger partial charge in [0.1, 0.15) is 0 Å².